The van der Waals surface area contributed by atoms with E-state index in [1.807, 2.05) is 19.1 Å². The molecule has 0 atom stereocenters. The van der Waals surface area contributed by atoms with E-state index >= 15 is 0 Å². The maximum absolute atomic E-state index is 11.5. The van der Waals surface area contributed by atoms with Gasteiger partial charge in [0.15, 0.2) is 0 Å². The third-order valence-corrected chi connectivity index (χ3v) is 3.17. The first kappa shape index (κ1) is 22.0. The zero-order valence-electron chi connectivity index (χ0n) is 15.0. The Hall–Kier alpha value is -1.00. The van der Waals surface area contributed by atoms with Crippen molar-refractivity contribution in [1.82, 2.24) is 0 Å². The van der Waals surface area contributed by atoms with Crippen LogP contribution in [0.4, 0.5) is 0 Å². The maximum atomic E-state index is 11.5. The van der Waals surface area contributed by atoms with Crippen LogP contribution < -0.4 is 4.74 Å². The number of hydrogen-bond donors (Lipinski definition) is 3. The summed E-state index contributed by atoms with van der Waals surface area (Å²) in [5, 5.41) is 0. The smallest absolute Gasteiger partial charge is 0.324 e. The fourth-order valence-corrected chi connectivity index (χ4v) is 1.87. The van der Waals surface area contributed by atoms with E-state index in [2.05, 4.69) is 47.6 Å². The molecule has 0 saturated heterocycles. The molecule has 0 aliphatic heterocycles. The minimum Gasteiger partial charge on any atom is -0.426 e. The van der Waals surface area contributed by atoms with Gasteiger partial charge >= 0.3 is 14.6 Å². The minimum absolute atomic E-state index is 0.0510. The molecule has 0 saturated carbocycles. The van der Waals surface area contributed by atoms with Gasteiger partial charge in [-0.1, -0.05) is 60.6 Å². The highest BCUT2D eigenvalue weighted by Crippen LogP contribution is 2.35. The summed E-state index contributed by atoms with van der Waals surface area (Å²) in [4.78, 5) is 33.2. The fourth-order valence-electron chi connectivity index (χ4n) is 1.87. The summed E-state index contributed by atoms with van der Waals surface area (Å²) < 4.78 is 5.45. The van der Waals surface area contributed by atoms with Crippen LogP contribution in [0.1, 0.15) is 66.0 Å². The van der Waals surface area contributed by atoms with E-state index in [4.69, 9.17) is 19.4 Å². The lowest BCUT2D eigenvalue weighted by Crippen LogP contribution is -2.19. The Morgan fingerprint density at radius 3 is 1.87 bits per heavy atom. The highest BCUT2D eigenvalue weighted by molar-refractivity contribution is 7.38. The van der Waals surface area contributed by atoms with Crippen LogP contribution in [0, 0.1) is 0 Å². The molecule has 1 aromatic carbocycles. The lowest BCUT2D eigenvalue weighted by atomic mass is 9.80. The molecule has 132 valence electrons. The molecule has 0 aliphatic carbocycles. The molecule has 1 aromatic rings. The molecule has 6 heteroatoms. The topological polar surface area (TPSA) is 87.0 Å². The number of benzene rings is 1. The van der Waals surface area contributed by atoms with Crippen LogP contribution in [0.5, 0.6) is 5.75 Å². The number of hydrogen-bond acceptors (Lipinski definition) is 5. The Balaban J connectivity index is 0.00000108. The van der Waals surface area contributed by atoms with E-state index in [1.54, 1.807) is 0 Å². The highest BCUT2D eigenvalue weighted by atomic mass is 31.2. The molecule has 0 amide bonds. The molecule has 0 radical (unpaired) electrons. The number of carbonyl (C=O) groups excluding carboxylic acids is 1. The standard InChI is InChI=1S/C17H26O2.H3O3P/c1-8-15(18)19-14-10-9-12(16(2,3)4)11-13(14)17(5,6)7;1-4(2)3/h9-11H,8H2,1-7H3;1-3H. The SMILES string of the molecule is CCC(=O)Oc1ccc(C(C)(C)C)cc1C(C)(C)C.OP(O)O. The van der Waals surface area contributed by atoms with E-state index in [0.717, 1.165) is 5.56 Å². The Kier molecular flexibility index (Phi) is 8.36. The molecule has 0 aromatic heterocycles. The van der Waals surface area contributed by atoms with Crippen molar-refractivity contribution in [1.29, 1.82) is 0 Å². The van der Waals surface area contributed by atoms with Gasteiger partial charge in [0.1, 0.15) is 5.75 Å². The normalized spacial score (nSPS) is 11.8. The molecular weight excluding hydrogens is 315 g/mol. The van der Waals surface area contributed by atoms with Crippen molar-refractivity contribution in [3.05, 3.63) is 29.3 Å². The van der Waals surface area contributed by atoms with Crippen molar-refractivity contribution < 1.29 is 24.2 Å². The molecule has 0 bridgehead atoms. The van der Waals surface area contributed by atoms with Gasteiger partial charge in [-0.15, -0.1) is 0 Å². The largest absolute Gasteiger partial charge is 0.426 e. The Morgan fingerprint density at radius 1 is 1.04 bits per heavy atom. The van der Waals surface area contributed by atoms with Crippen LogP contribution in [-0.4, -0.2) is 20.6 Å². The third kappa shape index (κ3) is 8.42. The van der Waals surface area contributed by atoms with Crippen molar-refractivity contribution in [2.75, 3.05) is 0 Å². The van der Waals surface area contributed by atoms with Crippen molar-refractivity contribution in [3.63, 3.8) is 0 Å². The predicted octanol–water partition coefficient (Wildman–Crippen LogP) is 3.79. The molecule has 3 N–H and O–H groups in total. The molecule has 1 rings (SSSR count). The van der Waals surface area contributed by atoms with Crippen LogP contribution in [0.15, 0.2) is 18.2 Å². The molecule has 5 nitrogen and oxygen atoms in total. The number of carbonyl (C=O) groups is 1. The second-order valence-corrected chi connectivity index (χ2v) is 7.84. The molecule has 0 fully saturated rings. The van der Waals surface area contributed by atoms with Gasteiger partial charge < -0.3 is 19.4 Å². The van der Waals surface area contributed by atoms with Gasteiger partial charge in [-0.25, -0.2) is 0 Å². The molecule has 0 spiro atoms. The highest BCUT2D eigenvalue weighted by Gasteiger charge is 2.23. The van der Waals surface area contributed by atoms with Crippen LogP contribution in [0.3, 0.4) is 0 Å². The summed E-state index contributed by atoms with van der Waals surface area (Å²) in [6, 6.07) is 6.14. The fraction of sp³-hybridized carbons (Fsp3) is 0.588. The van der Waals surface area contributed by atoms with Crippen LogP contribution >= 0.6 is 8.60 Å². The molecule has 0 aliphatic rings. The Bertz CT molecular complexity index is 510. The third-order valence-electron chi connectivity index (χ3n) is 3.17. The second-order valence-electron chi connectivity index (χ2n) is 7.31. The van der Waals surface area contributed by atoms with Crippen LogP contribution in [-0.2, 0) is 15.6 Å². The summed E-state index contributed by atoms with van der Waals surface area (Å²) >= 11 is 0. The van der Waals surface area contributed by atoms with E-state index in [-0.39, 0.29) is 16.8 Å². The van der Waals surface area contributed by atoms with Gasteiger partial charge in [0.25, 0.3) is 0 Å². The predicted molar refractivity (Wildman–Crippen MR) is 93.3 cm³/mol. The van der Waals surface area contributed by atoms with E-state index in [0.29, 0.717) is 12.2 Å². The number of rotatable bonds is 2. The lowest BCUT2D eigenvalue weighted by molar-refractivity contribution is -0.134. The first-order chi connectivity index (χ1) is 10.3. The summed E-state index contributed by atoms with van der Waals surface area (Å²) in [6.45, 7) is 14.8. The van der Waals surface area contributed by atoms with Gasteiger partial charge in [0, 0.05) is 12.0 Å². The number of esters is 1. The first-order valence-corrected chi connectivity index (χ1v) is 8.71. The van der Waals surface area contributed by atoms with Crippen molar-refractivity contribution in [2.45, 2.75) is 65.7 Å². The quantitative estimate of drug-likeness (QED) is 0.432. The summed E-state index contributed by atoms with van der Waals surface area (Å²) in [5.41, 5.74) is 2.38. The van der Waals surface area contributed by atoms with E-state index < -0.39 is 8.60 Å². The van der Waals surface area contributed by atoms with Gasteiger partial charge in [0.05, 0.1) is 0 Å². The Labute approximate surface area is 140 Å². The van der Waals surface area contributed by atoms with E-state index in [9.17, 15) is 4.79 Å². The van der Waals surface area contributed by atoms with Gasteiger partial charge in [-0.2, -0.15) is 0 Å². The minimum atomic E-state index is -2.62. The lowest BCUT2D eigenvalue weighted by Gasteiger charge is -2.26. The van der Waals surface area contributed by atoms with Crippen molar-refractivity contribution in [2.24, 2.45) is 0 Å². The van der Waals surface area contributed by atoms with E-state index in [1.165, 1.54) is 5.56 Å². The zero-order chi connectivity index (χ0) is 18.4. The van der Waals surface area contributed by atoms with Crippen molar-refractivity contribution >= 4 is 14.6 Å². The monoisotopic (exact) mass is 344 g/mol. The molecular formula is C17H29O5P. The second kappa shape index (κ2) is 8.74. The number of ether oxygens (including phenoxy) is 1. The zero-order valence-corrected chi connectivity index (χ0v) is 15.9. The summed E-state index contributed by atoms with van der Waals surface area (Å²) in [5.74, 6) is 0.501. The van der Waals surface area contributed by atoms with Crippen molar-refractivity contribution in [3.8, 4) is 5.75 Å². The molecule has 0 unspecified atom stereocenters. The van der Waals surface area contributed by atoms with Gasteiger partial charge in [0.2, 0.25) is 0 Å². The average Bonchev–Trinajstić information content (AvgIpc) is 2.35. The Morgan fingerprint density at radius 2 is 1.52 bits per heavy atom. The first-order valence-electron chi connectivity index (χ1n) is 7.51. The summed E-state index contributed by atoms with van der Waals surface area (Å²) in [7, 11) is -2.62. The molecule has 23 heavy (non-hydrogen) atoms. The van der Waals surface area contributed by atoms with Gasteiger partial charge in [-0.3, -0.25) is 4.79 Å². The summed E-state index contributed by atoms with van der Waals surface area (Å²) in [6.07, 6.45) is 0.393. The molecule has 0 heterocycles. The van der Waals surface area contributed by atoms with Gasteiger partial charge in [-0.05, 0) is 22.5 Å². The maximum Gasteiger partial charge on any atom is 0.324 e. The average molecular weight is 344 g/mol. The van der Waals surface area contributed by atoms with Crippen LogP contribution in [0.2, 0.25) is 0 Å². The van der Waals surface area contributed by atoms with Crippen LogP contribution in [0.25, 0.3) is 0 Å².